The van der Waals surface area contributed by atoms with E-state index in [1.165, 1.54) is 0 Å². The van der Waals surface area contributed by atoms with E-state index in [2.05, 4.69) is 6.07 Å². The van der Waals surface area contributed by atoms with Crippen molar-refractivity contribution in [2.24, 2.45) is 0 Å². The maximum absolute atomic E-state index is 10.9. The fraction of sp³-hybridized carbons (Fsp3) is 0.385. The second-order valence-electron chi connectivity index (χ2n) is 3.75. The summed E-state index contributed by atoms with van der Waals surface area (Å²) in [5.41, 5.74) is 0.958. The van der Waals surface area contributed by atoms with E-state index in [1.54, 1.807) is 12.1 Å². The van der Waals surface area contributed by atoms with Crippen LogP contribution in [0.5, 0.6) is 0 Å². The van der Waals surface area contributed by atoms with Gasteiger partial charge in [-0.3, -0.25) is 4.79 Å². The van der Waals surface area contributed by atoms with E-state index in [-0.39, 0.29) is 0 Å². The Balaban J connectivity index is 3.14. The van der Waals surface area contributed by atoms with Crippen LogP contribution in [-0.2, 0) is 5.41 Å². The average Bonchev–Trinajstić information content (AvgIpc) is 2.33. The van der Waals surface area contributed by atoms with Crippen LogP contribution in [0, 0.1) is 11.3 Å². The van der Waals surface area contributed by atoms with Crippen molar-refractivity contribution >= 4 is 16.8 Å². The molecule has 0 fully saturated rings. The predicted molar refractivity (Wildman–Crippen MR) is 64.5 cm³/mol. The van der Waals surface area contributed by atoms with Gasteiger partial charge in [0.25, 0.3) is 5.24 Å². The molecule has 0 aromatic heterocycles. The van der Waals surface area contributed by atoms with Crippen molar-refractivity contribution in [2.75, 3.05) is 0 Å². The van der Waals surface area contributed by atoms with Gasteiger partial charge in [0, 0.05) is 5.56 Å². The summed E-state index contributed by atoms with van der Waals surface area (Å²) < 4.78 is 0. The van der Waals surface area contributed by atoms with E-state index in [0.29, 0.717) is 5.56 Å². The van der Waals surface area contributed by atoms with E-state index in [9.17, 15) is 10.1 Å². The molecule has 0 bridgehead atoms. The van der Waals surface area contributed by atoms with Crippen molar-refractivity contribution in [1.82, 2.24) is 0 Å². The van der Waals surface area contributed by atoms with Crippen LogP contribution in [0.2, 0.25) is 0 Å². The summed E-state index contributed by atoms with van der Waals surface area (Å²) in [5, 5.41) is 8.80. The van der Waals surface area contributed by atoms with Crippen molar-refractivity contribution in [3.05, 3.63) is 35.4 Å². The Kier molecular flexibility index (Phi) is 4.09. The highest BCUT2D eigenvalue weighted by Gasteiger charge is 2.27. The summed E-state index contributed by atoms with van der Waals surface area (Å²) in [6.07, 6.45) is 1.52. The minimum atomic E-state index is -0.470. The Morgan fingerprint density at radius 3 is 2.12 bits per heavy atom. The van der Waals surface area contributed by atoms with E-state index in [4.69, 9.17) is 11.6 Å². The highest BCUT2D eigenvalue weighted by Crippen LogP contribution is 2.31. The molecule has 0 aliphatic carbocycles. The molecule has 0 aliphatic rings. The first-order valence-electron chi connectivity index (χ1n) is 5.31. The average molecular weight is 236 g/mol. The SMILES string of the molecule is CCC(C#N)(CC)c1ccc(C(=O)Cl)cc1. The van der Waals surface area contributed by atoms with Crippen molar-refractivity contribution in [1.29, 1.82) is 5.26 Å². The summed E-state index contributed by atoms with van der Waals surface area (Å²) in [4.78, 5) is 10.9. The Morgan fingerprint density at radius 1 is 1.31 bits per heavy atom. The van der Waals surface area contributed by atoms with E-state index in [1.807, 2.05) is 26.0 Å². The molecule has 1 aromatic rings. The number of halogens is 1. The molecule has 0 saturated heterocycles. The monoisotopic (exact) mass is 235 g/mol. The number of nitrogens with zero attached hydrogens (tertiary/aromatic N) is 1. The molecule has 3 heteroatoms. The third-order valence-corrected chi connectivity index (χ3v) is 3.30. The van der Waals surface area contributed by atoms with Gasteiger partial charge < -0.3 is 0 Å². The molecular formula is C13H14ClNO. The van der Waals surface area contributed by atoms with Gasteiger partial charge in [-0.05, 0) is 42.1 Å². The fourth-order valence-corrected chi connectivity index (χ4v) is 1.93. The van der Waals surface area contributed by atoms with Crippen LogP contribution in [0.3, 0.4) is 0 Å². The highest BCUT2D eigenvalue weighted by molar-refractivity contribution is 6.67. The minimum absolute atomic E-state index is 0.451. The van der Waals surface area contributed by atoms with E-state index < -0.39 is 10.7 Å². The van der Waals surface area contributed by atoms with E-state index >= 15 is 0 Å². The molecule has 1 aromatic carbocycles. The number of nitriles is 1. The predicted octanol–water partition coefficient (Wildman–Crippen LogP) is 3.65. The molecule has 1 rings (SSSR count). The maximum Gasteiger partial charge on any atom is 0.252 e. The standard InChI is InChI=1S/C13H14ClNO/c1-3-13(4-2,9-15)11-7-5-10(6-8-11)12(14)16/h5-8H,3-4H2,1-2H3. The van der Waals surface area contributed by atoms with Gasteiger partial charge in [-0.2, -0.15) is 5.26 Å². The highest BCUT2D eigenvalue weighted by atomic mass is 35.5. The molecule has 0 amide bonds. The van der Waals surface area contributed by atoms with Crippen molar-refractivity contribution in [3.8, 4) is 6.07 Å². The zero-order valence-corrected chi connectivity index (χ0v) is 10.2. The lowest BCUT2D eigenvalue weighted by atomic mass is 9.77. The first kappa shape index (κ1) is 12.7. The molecule has 0 unspecified atom stereocenters. The van der Waals surface area contributed by atoms with Gasteiger partial charge in [-0.25, -0.2) is 0 Å². The Bertz CT molecular complexity index is 413. The molecule has 0 N–H and O–H groups in total. The Morgan fingerprint density at radius 2 is 1.81 bits per heavy atom. The van der Waals surface area contributed by atoms with Crippen LogP contribution < -0.4 is 0 Å². The third kappa shape index (κ3) is 2.25. The van der Waals surface area contributed by atoms with Gasteiger partial charge in [0.15, 0.2) is 0 Å². The lowest BCUT2D eigenvalue weighted by Gasteiger charge is -2.23. The second-order valence-corrected chi connectivity index (χ2v) is 4.10. The van der Waals surface area contributed by atoms with Gasteiger partial charge in [-0.1, -0.05) is 26.0 Å². The molecule has 16 heavy (non-hydrogen) atoms. The van der Waals surface area contributed by atoms with Crippen molar-refractivity contribution in [2.45, 2.75) is 32.1 Å². The molecule has 0 aliphatic heterocycles. The number of benzene rings is 1. The van der Waals surface area contributed by atoms with Crippen LogP contribution in [0.25, 0.3) is 0 Å². The van der Waals surface area contributed by atoms with Crippen molar-refractivity contribution < 1.29 is 4.79 Å². The second kappa shape index (κ2) is 5.14. The van der Waals surface area contributed by atoms with Crippen molar-refractivity contribution in [3.63, 3.8) is 0 Å². The quantitative estimate of drug-likeness (QED) is 0.748. The van der Waals surface area contributed by atoms with Gasteiger partial charge >= 0.3 is 0 Å². The third-order valence-electron chi connectivity index (χ3n) is 3.09. The number of rotatable bonds is 4. The van der Waals surface area contributed by atoms with E-state index in [0.717, 1.165) is 18.4 Å². The van der Waals surface area contributed by atoms with Crippen LogP contribution >= 0.6 is 11.6 Å². The smallest absolute Gasteiger partial charge is 0.252 e. The number of hydrogen-bond donors (Lipinski definition) is 0. The largest absolute Gasteiger partial charge is 0.276 e. The zero-order chi connectivity index (χ0) is 12.2. The summed E-state index contributed by atoms with van der Waals surface area (Å²) in [6, 6.07) is 9.32. The minimum Gasteiger partial charge on any atom is -0.276 e. The van der Waals surface area contributed by atoms with Gasteiger partial charge in [0.1, 0.15) is 0 Å². The number of hydrogen-bond acceptors (Lipinski definition) is 2. The lowest BCUT2D eigenvalue weighted by Crippen LogP contribution is -2.21. The zero-order valence-electron chi connectivity index (χ0n) is 9.46. The van der Waals surface area contributed by atoms with Crippen LogP contribution in [0.1, 0.15) is 42.6 Å². The molecule has 2 nitrogen and oxygen atoms in total. The first-order valence-corrected chi connectivity index (χ1v) is 5.69. The first-order chi connectivity index (χ1) is 7.59. The molecule has 0 radical (unpaired) electrons. The summed E-state index contributed by atoms with van der Waals surface area (Å²) in [7, 11) is 0. The van der Waals surface area contributed by atoms with Gasteiger partial charge in [0.2, 0.25) is 0 Å². The van der Waals surface area contributed by atoms with Gasteiger partial charge in [-0.15, -0.1) is 0 Å². The number of carbonyl (C=O) groups is 1. The number of carbonyl (C=O) groups excluding carboxylic acids is 1. The Labute approximate surface area is 101 Å². The normalized spacial score (nSPS) is 10.9. The lowest BCUT2D eigenvalue weighted by molar-refractivity contribution is 0.108. The molecular weight excluding hydrogens is 222 g/mol. The molecule has 0 saturated carbocycles. The summed E-state index contributed by atoms with van der Waals surface area (Å²) >= 11 is 5.37. The molecule has 0 atom stereocenters. The van der Waals surface area contributed by atoms with Crippen LogP contribution in [0.15, 0.2) is 24.3 Å². The molecule has 0 spiro atoms. The van der Waals surface area contributed by atoms with Gasteiger partial charge in [0.05, 0.1) is 11.5 Å². The van der Waals surface area contributed by atoms with Crippen LogP contribution in [0.4, 0.5) is 0 Å². The molecule has 84 valence electrons. The topological polar surface area (TPSA) is 40.9 Å². The summed E-state index contributed by atoms with van der Waals surface area (Å²) in [6.45, 7) is 3.99. The maximum atomic E-state index is 10.9. The Hall–Kier alpha value is -1.33. The molecule has 0 heterocycles. The fourth-order valence-electron chi connectivity index (χ4n) is 1.80. The summed E-state index contributed by atoms with van der Waals surface area (Å²) in [5.74, 6) is 0. The van der Waals surface area contributed by atoms with Crippen LogP contribution in [-0.4, -0.2) is 5.24 Å².